The summed E-state index contributed by atoms with van der Waals surface area (Å²) in [5.41, 5.74) is 7.68. The smallest absolute Gasteiger partial charge is 0.226 e. The Morgan fingerprint density at radius 1 is 1.44 bits per heavy atom. The van der Waals surface area contributed by atoms with Gasteiger partial charge in [0.25, 0.3) is 0 Å². The predicted molar refractivity (Wildman–Crippen MR) is 78.5 cm³/mol. The molecule has 0 fully saturated rings. The molecule has 1 aromatic rings. The molecule has 1 amide bonds. The Bertz CT molecular complexity index is 432. The van der Waals surface area contributed by atoms with Gasteiger partial charge in [-0.15, -0.1) is 0 Å². The second-order valence-corrected chi connectivity index (χ2v) is 4.88. The molecule has 0 aliphatic carbocycles. The van der Waals surface area contributed by atoms with Crippen molar-refractivity contribution in [2.45, 2.75) is 26.7 Å². The van der Waals surface area contributed by atoms with Crippen molar-refractivity contribution in [3.63, 3.8) is 0 Å². The van der Waals surface area contributed by atoms with Crippen LogP contribution in [-0.4, -0.2) is 28.9 Å². The molecule has 0 aliphatic heterocycles. The number of benzene rings is 1. The predicted octanol–water partition coefficient (Wildman–Crippen LogP) is 2.06. The van der Waals surface area contributed by atoms with Gasteiger partial charge in [0.05, 0.1) is 11.4 Å². The van der Waals surface area contributed by atoms with Crippen molar-refractivity contribution in [1.29, 1.82) is 0 Å². The van der Waals surface area contributed by atoms with Gasteiger partial charge in [-0.2, -0.15) is 0 Å². The molecule has 98 valence electrons. The number of nitrogens with zero attached hydrogens (tertiary/aromatic N) is 1. The highest BCUT2D eigenvalue weighted by atomic mass is 32.1. The monoisotopic (exact) mass is 264 g/mol. The molecule has 4 heteroatoms. The van der Waals surface area contributed by atoms with Crippen LogP contribution in [0.3, 0.4) is 0 Å². The molecule has 0 saturated heterocycles. The number of hydrogen-bond donors (Lipinski definition) is 1. The van der Waals surface area contributed by atoms with E-state index in [1.807, 2.05) is 38.1 Å². The number of hydrogen-bond acceptors (Lipinski definition) is 2. The van der Waals surface area contributed by atoms with E-state index in [1.165, 1.54) is 5.56 Å². The number of carbonyl (C=O) groups excluding carboxylic acids is 1. The van der Waals surface area contributed by atoms with Crippen molar-refractivity contribution >= 4 is 23.1 Å². The summed E-state index contributed by atoms with van der Waals surface area (Å²) >= 11 is 4.84. The Labute approximate surface area is 114 Å². The summed E-state index contributed by atoms with van der Waals surface area (Å²) < 4.78 is 0. The van der Waals surface area contributed by atoms with Gasteiger partial charge in [-0.3, -0.25) is 4.79 Å². The summed E-state index contributed by atoms with van der Waals surface area (Å²) in [6.45, 7) is 5.29. The number of carbonyl (C=O) groups is 1. The second kappa shape index (κ2) is 7.11. The van der Waals surface area contributed by atoms with Crippen LogP contribution in [0.4, 0.5) is 0 Å². The molecular weight excluding hydrogens is 244 g/mol. The van der Waals surface area contributed by atoms with E-state index >= 15 is 0 Å². The highest BCUT2D eigenvalue weighted by Gasteiger charge is 2.12. The third-order valence-corrected chi connectivity index (χ3v) is 3.00. The van der Waals surface area contributed by atoms with E-state index in [0.717, 1.165) is 5.56 Å². The Balaban J connectivity index is 2.59. The van der Waals surface area contributed by atoms with Gasteiger partial charge in [0, 0.05) is 19.5 Å². The van der Waals surface area contributed by atoms with Crippen molar-refractivity contribution in [3.8, 4) is 0 Å². The number of amides is 1. The van der Waals surface area contributed by atoms with E-state index in [0.29, 0.717) is 30.9 Å². The maximum atomic E-state index is 12.1. The van der Waals surface area contributed by atoms with Crippen LogP contribution in [0, 0.1) is 6.92 Å². The van der Waals surface area contributed by atoms with Gasteiger partial charge in [0.1, 0.15) is 0 Å². The van der Waals surface area contributed by atoms with Crippen LogP contribution in [0.25, 0.3) is 0 Å². The quantitative estimate of drug-likeness (QED) is 0.800. The molecular formula is C14H20N2OS. The van der Waals surface area contributed by atoms with Crippen molar-refractivity contribution in [2.24, 2.45) is 5.73 Å². The van der Waals surface area contributed by atoms with Crippen molar-refractivity contribution < 1.29 is 4.79 Å². The number of rotatable bonds is 6. The van der Waals surface area contributed by atoms with Crippen LogP contribution in [0.2, 0.25) is 0 Å². The van der Waals surface area contributed by atoms with Gasteiger partial charge >= 0.3 is 0 Å². The molecule has 1 aromatic carbocycles. The second-order valence-electron chi connectivity index (χ2n) is 4.36. The lowest BCUT2D eigenvalue weighted by molar-refractivity contribution is -0.130. The van der Waals surface area contributed by atoms with Crippen LogP contribution in [0.15, 0.2) is 24.3 Å². The minimum Gasteiger partial charge on any atom is -0.393 e. The molecule has 0 radical (unpaired) electrons. The van der Waals surface area contributed by atoms with Gasteiger partial charge in [-0.05, 0) is 19.4 Å². The SMILES string of the molecule is CCN(CCC(N)=S)C(=O)Cc1cccc(C)c1. The topological polar surface area (TPSA) is 46.3 Å². The molecule has 1 rings (SSSR count). The van der Waals surface area contributed by atoms with Crippen LogP contribution in [0.5, 0.6) is 0 Å². The first-order valence-corrected chi connectivity index (χ1v) is 6.55. The standard InChI is InChI=1S/C14H20N2OS/c1-3-16(8-7-13(15)18)14(17)10-12-6-4-5-11(2)9-12/h4-6,9H,3,7-8,10H2,1-2H3,(H2,15,18). The fourth-order valence-corrected chi connectivity index (χ4v) is 1.90. The highest BCUT2D eigenvalue weighted by Crippen LogP contribution is 2.07. The average molecular weight is 264 g/mol. The van der Waals surface area contributed by atoms with E-state index in [9.17, 15) is 4.79 Å². The molecule has 0 atom stereocenters. The van der Waals surface area contributed by atoms with Gasteiger partial charge in [0.15, 0.2) is 0 Å². The van der Waals surface area contributed by atoms with Gasteiger partial charge in [-0.25, -0.2) is 0 Å². The zero-order valence-electron chi connectivity index (χ0n) is 11.0. The largest absolute Gasteiger partial charge is 0.393 e. The maximum absolute atomic E-state index is 12.1. The molecule has 0 spiro atoms. The summed E-state index contributed by atoms with van der Waals surface area (Å²) in [6.07, 6.45) is 1.02. The van der Waals surface area contributed by atoms with E-state index in [2.05, 4.69) is 0 Å². The summed E-state index contributed by atoms with van der Waals surface area (Å²) in [5, 5.41) is 0. The number of aryl methyl sites for hydroxylation is 1. The lowest BCUT2D eigenvalue weighted by Crippen LogP contribution is -2.34. The lowest BCUT2D eigenvalue weighted by atomic mass is 10.1. The first-order valence-electron chi connectivity index (χ1n) is 6.14. The first-order chi connectivity index (χ1) is 8.52. The third-order valence-electron chi connectivity index (χ3n) is 2.80. The molecule has 2 N–H and O–H groups in total. The van der Waals surface area contributed by atoms with Crippen LogP contribution < -0.4 is 5.73 Å². The maximum Gasteiger partial charge on any atom is 0.226 e. The molecule has 3 nitrogen and oxygen atoms in total. The Morgan fingerprint density at radius 3 is 2.72 bits per heavy atom. The molecule has 18 heavy (non-hydrogen) atoms. The average Bonchev–Trinajstić information content (AvgIpc) is 2.29. The Kier molecular flexibility index (Phi) is 5.78. The molecule has 0 saturated carbocycles. The minimum atomic E-state index is 0.124. The summed E-state index contributed by atoms with van der Waals surface area (Å²) in [7, 11) is 0. The van der Waals surface area contributed by atoms with Crippen molar-refractivity contribution in [3.05, 3.63) is 35.4 Å². The molecule has 0 unspecified atom stereocenters. The number of likely N-dealkylation sites (N-methyl/N-ethyl adjacent to an activating group) is 1. The fraction of sp³-hybridized carbons (Fsp3) is 0.429. The number of nitrogens with two attached hydrogens (primary N) is 1. The highest BCUT2D eigenvalue weighted by molar-refractivity contribution is 7.80. The van der Waals surface area contributed by atoms with Crippen LogP contribution >= 0.6 is 12.2 Å². The summed E-state index contributed by atoms with van der Waals surface area (Å²) in [5.74, 6) is 0.124. The zero-order chi connectivity index (χ0) is 13.5. The van der Waals surface area contributed by atoms with Crippen LogP contribution in [-0.2, 0) is 11.2 Å². The van der Waals surface area contributed by atoms with Crippen LogP contribution in [0.1, 0.15) is 24.5 Å². The Hall–Kier alpha value is -1.42. The van der Waals surface area contributed by atoms with E-state index in [4.69, 9.17) is 18.0 Å². The molecule has 0 aromatic heterocycles. The molecule has 0 heterocycles. The normalized spacial score (nSPS) is 10.1. The lowest BCUT2D eigenvalue weighted by Gasteiger charge is -2.20. The number of thiocarbonyl (C=S) groups is 1. The molecule has 0 aliphatic rings. The minimum absolute atomic E-state index is 0.124. The van der Waals surface area contributed by atoms with Gasteiger partial charge in [-0.1, -0.05) is 42.0 Å². The van der Waals surface area contributed by atoms with E-state index in [-0.39, 0.29) is 5.91 Å². The summed E-state index contributed by atoms with van der Waals surface area (Å²) in [4.78, 5) is 14.4. The summed E-state index contributed by atoms with van der Waals surface area (Å²) in [6, 6.07) is 8.02. The van der Waals surface area contributed by atoms with E-state index < -0.39 is 0 Å². The molecule has 0 bridgehead atoms. The third kappa shape index (κ3) is 4.84. The van der Waals surface area contributed by atoms with Gasteiger partial charge < -0.3 is 10.6 Å². The van der Waals surface area contributed by atoms with Crippen molar-refractivity contribution in [1.82, 2.24) is 4.90 Å². The van der Waals surface area contributed by atoms with E-state index in [1.54, 1.807) is 4.90 Å². The van der Waals surface area contributed by atoms with Crippen molar-refractivity contribution in [2.75, 3.05) is 13.1 Å². The first kappa shape index (κ1) is 14.6. The zero-order valence-corrected chi connectivity index (χ0v) is 11.8. The Morgan fingerprint density at radius 2 is 2.17 bits per heavy atom. The van der Waals surface area contributed by atoms with Gasteiger partial charge in [0.2, 0.25) is 5.91 Å². The fourth-order valence-electron chi connectivity index (χ4n) is 1.81.